The molecular weight excluding hydrogens is 240 g/mol. The van der Waals surface area contributed by atoms with Crippen molar-refractivity contribution < 1.29 is 9.53 Å². The lowest BCUT2D eigenvalue weighted by atomic mass is 10.1. The largest absolute Gasteiger partial charge is 0.493 e. The molecule has 3 rings (SSSR count). The Labute approximate surface area is 113 Å². The van der Waals surface area contributed by atoms with E-state index in [2.05, 4.69) is 5.32 Å². The molecule has 19 heavy (non-hydrogen) atoms. The Balaban J connectivity index is 1.42. The van der Waals surface area contributed by atoms with Crippen LogP contribution in [0.5, 0.6) is 5.75 Å². The van der Waals surface area contributed by atoms with Crippen LogP contribution in [0.1, 0.15) is 12.8 Å². The summed E-state index contributed by atoms with van der Waals surface area (Å²) in [6, 6.07) is 10.2. The molecule has 4 nitrogen and oxygen atoms in total. The number of benzene rings is 1. The molecule has 2 atom stereocenters. The van der Waals surface area contributed by atoms with E-state index in [9.17, 15) is 4.79 Å². The van der Waals surface area contributed by atoms with Gasteiger partial charge in [0, 0.05) is 19.1 Å². The summed E-state index contributed by atoms with van der Waals surface area (Å²) in [6.45, 7) is 3.35. The first-order valence-electron chi connectivity index (χ1n) is 7.02. The average molecular weight is 260 g/mol. The molecule has 0 spiro atoms. The Morgan fingerprint density at radius 2 is 2.16 bits per heavy atom. The fourth-order valence-electron chi connectivity index (χ4n) is 2.98. The summed E-state index contributed by atoms with van der Waals surface area (Å²) in [7, 11) is 0. The number of likely N-dealkylation sites (tertiary alicyclic amines) is 1. The number of nitrogens with zero attached hydrogens (tertiary/aromatic N) is 1. The van der Waals surface area contributed by atoms with Gasteiger partial charge in [-0.05, 0) is 31.0 Å². The summed E-state index contributed by atoms with van der Waals surface area (Å²) in [5.41, 5.74) is 0. The molecule has 0 saturated carbocycles. The van der Waals surface area contributed by atoms with Crippen LogP contribution in [-0.4, -0.2) is 43.1 Å². The van der Waals surface area contributed by atoms with Crippen LogP contribution >= 0.6 is 0 Å². The summed E-state index contributed by atoms with van der Waals surface area (Å²) < 4.78 is 5.57. The van der Waals surface area contributed by atoms with Crippen LogP contribution in [0.2, 0.25) is 0 Å². The molecule has 1 N–H and O–H groups in total. The number of rotatable bonds is 4. The van der Waals surface area contributed by atoms with Gasteiger partial charge < -0.3 is 15.0 Å². The molecule has 0 bridgehead atoms. The van der Waals surface area contributed by atoms with Crippen LogP contribution in [-0.2, 0) is 4.79 Å². The van der Waals surface area contributed by atoms with Crippen molar-refractivity contribution in [2.45, 2.75) is 18.9 Å². The zero-order valence-electron chi connectivity index (χ0n) is 11.0. The third-order valence-corrected chi connectivity index (χ3v) is 4.04. The predicted octanol–water partition coefficient (Wildman–Crippen LogP) is 1.28. The number of hydrogen-bond donors (Lipinski definition) is 1. The van der Waals surface area contributed by atoms with E-state index in [1.165, 1.54) is 6.42 Å². The lowest BCUT2D eigenvalue weighted by Crippen LogP contribution is -2.34. The van der Waals surface area contributed by atoms with Crippen molar-refractivity contribution in [2.24, 2.45) is 5.92 Å². The van der Waals surface area contributed by atoms with E-state index in [1.807, 2.05) is 35.2 Å². The third kappa shape index (κ3) is 2.89. The molecule has 102 valence electrons. The highest BCUT2D eigenvalue weighted by atomic mass is 16.5. The van der Waals surface area contributed by atoms with E-state index in [0.29, 0.717) is 25.0 Å². The average Bonchev–Trinajstić information content (AvgIpc) is 3.00. The van der Waals surface area contributed by atoms with E-state index in [4.69, 9.17) is 4.74 Å². The summed E-state index contributed by atoms with van der Waals surface area (Å²) >= 11 is 0. The topological polar surface area (TPSA) is 41.6 Å². The smallest absolute Gasteiger partial charge is 0.226 e. The van der Waals surface area contributed by atoms with E-state index < -0.39 is 0 Å². The van der Waals surface area contributed by atoms with Crippen molar-refractivity contribution in [1.29, 1.82) is 0 Å². The number of para-hydroxylation sites is 1. The van der Waals surface area contributed by atoms with Crippen LogP contribution in [0.3, 0.4) is 0 Å². The molecule has 2 fully saturated rings. The number of ether oxygens (including phenoxy) is 1. The van der Waals surface area contributed by atoms with Crippen molar-refractivity contribution >= 4 is 5.91 Å². The number of amides is 1. The summed E-state index contributed by atoms with van der Waals surface area (Å²) in [5, 5.41) is 3.46. The SMILES string of the molecule is O=C(CCOc1ccccc1)N1C[C@@H]2CCN[C@@H]2C1. The van der Waals surface area contributed by atoms with Gasteiger partial charge in [-0.15, -0.1) is 0 Å². The number of nitrogens with one attached hydrogen (secondary N) is 1. The van der Waals surface area contributed by atoms with Crippen LogP contribution in [0.4, 0.5) is 0 Å². The summed E-state index contributed by atoms with van der Waals surface area (Å²) in [4.78, 5) is 14.1. The maximum absolute atomic E-state index is 12.1. The Hall–Kier alpha value is -1.55. The lowest BCUT2D eigenvalue weighted by Gasteiger charge is -2.17. The van der Waals surface area contributed by atoms with Crippen molar-refractivity contribution in [3.8, 4) is 5.75 Å². The Morgan fingerprint density at radius 3 is 2.95 bits per heavy atom. The highest BCUT2D eigenvalue weighted by molar-refractivity contribution is 5.76. The van der Waals surface area contributed by atoms with Gasteiger partial charge in [0.15, 0.2) is 0 Å². The molecule has 0 aromatic heterocycles. The second kappa shape index (κ2) is 5.61. The highest BCUT2D eigenvalue weighted by Gasteiger charge is 2.37. The van der Waals surface area contributed by atoms with Crippen molar-refractivity contribution in [2.75, 3.05) is 26.2 Å². The van der Waals surface area contributed by atoms with E-state index in [1.54, 1.807) is 0 Å². The van der Waals surface area contributed by atoms with Gasteiger partial charge >= 0.3 is 0 Å². The molecule has 0 radical (unpaired) electrons. The Bertz CT molecular complexity index is 423. The second-order valence-electron chi connectivity index (χ2n) is 5.32. The van der Waals surface area contributed by atoms with E-state index in [-0.39, 0.29) is 5.91 Å². The molecule has 2 heterocycles. The van der Waals surface area contributed by atoms with E-state index in [0.717, 1.165) is 25.4 Å². The molecule has 1 aromatic carbocycles. The standard InChI is InChI=1S/C15H20N2O2/c18-15(7-9-19-13-4-2-1-3-5-13)17-10-12-6-8-16-14(12)11-17/h1-5,12,14,16H,6-11H2/t12-,14+/m0/s1. The maximum Gasteiger partial charge on any atom is 0.226 e. The van der Waals surface area contributed by atoms with Gasteiger partial charge in [0.25, 0.3) is 0 Å². The molecule has 2 saturated heterocycles. The first kappa shape index (κ1) is 12.5. The van der Waals surface area contributed by atoms with Crippen molar-refractivity contribution in [3.05, 3.63) is 30.3 Å². The molecule has 1 aromatic rings. The number of carbonyl (C=O) groups is 1. The third-order valence-electron chi connectivity index (χ3n) is 4.04. The van der Waals surface area contributed by atoms with Crippen LogP contribution in [0.25, 0.3) is 0 Å². The quantitative estimate of drug-likeness (QED) is 0.886. The maximum atomic E-state index is 12.1. The monoisotopic (exact) mass is 260 g/mol. The fourth-order valence-corrected chi connectivity index (χ4v) is 2.98. The van der Waals surface area contributed by atoms with Crippen molar-refractivity contribution in [1.82, 2.24) is 10.2 Å². The van der Waals surface area contributed by atoms with Gasteiger partial charge in [-0.3, -0.25) is 4.79 Å². The van der Waals surface area contributed by atoms with Crippen LogP contribution in [0, 0.1) is 5.92 Å². The van der Waals surface area contributed by atoms with Crippen LogP contribution in [0.15, 0.2) is 30.3 Å². The molecule has 4 heteroatoms. The molecule has 2 aliphatic rings. The predicted molar refractivity (Wildman–Crippen MR) is 73.0 cm³/mol. The van der Waals surface area contributed by atoms with Gasteiger partial charge in [-0.2, -0.15) is 0 Å². The fraction of sp³-hybridized carbons (Fsp3) is 0.533. The number of hydrogen-bond acceptors (Lipinski definition) is 3. The van der Waals surface area contributed by atoms with Gasteiger partial charge in [0.2, 0.25) is 5.91 Å². The second-order valence-corrected chi connectivity index (χ2v) is 5.32. The normalized spacial score (nSPS) is 25.4. The Kier molecular flexibility index (Phi) is 3.69. The van der Waals surface area contributed by atoms with E-state index >= 15 is 0 Å². The zero-order valence-corrected chi connectivity index (χ0v) is 11.0. The zero-order chi connectivity index (χ0) is 13.1. The minimum absolute atomic E-state index is 0.215. The minimum atomic E-state index is 0.215. The molecule has 1 amide bonds. The van der Waals surface area contributed by atoms with Gasteiger partial charge in [0.1, 0.15) is 5.75 Å². The van der Waals surface area contributed by atoms with Crippen molar-refractivity contribution in [3.63, 3.8) is 0 Å². The van der Waals surface area contributed by atoms with Gasteiger partial charge in [-0.1, -0.05) is 18.2 Å². The number of fused-ring (bicyclic) bond motifs is 1. The molecular formula is C15H20N2O2. The Morgan fingerprint density at radius 1 is 1.32 bits per heavy atom. The van der Waals surface area contributed by atoms with Gasteiger partial charge in [-0.25, -0.2) is 0 Å². The first-order chi connectivity index (χ1) is 9.33. The minimum Gasteiger partial charge on any atom is -0.493 e. The molecule has 0 aliphatic carbocycles. The van der Waals surface area contributed by atoms with Crippen LogP contribution < -0.4 is 10.1 Å². The summed E-state index contributed by atoms with van der Waals surface area (Å²) in [6.07, 6.45) is 1.67. The molecule has 0 unspecified atom stereocenters. The van der Waals surface area contributed by atoms with Gasteiger partial charge in [0.05, 0.1) is 13.0 Å². The summed E-state index contributed by atoms with van der Waals surface area (Å²) in [5.74, 6) is 1.71. The highest BCUT2D eigenvalue weighted by Crippen LogP contribution is 2.24. The number of carbonyl (C=O) groups excluding carboxylic acids is 1. The lowest BCUT2D eigenvalue weighted by molar-refractivity contribution is -0.130. The molecule has 2 aliphatic heterocycles. The first-order valence-corrected chi connectivity index (χ1v) is 7.02.